The average Bonchev–Trinajstić information content (AvgIpc) is 3.53. The Morgan fingerprint density at radius 3 is 1.44 bits per heavy atom. The van der Waals surface area contributed by atoms with Gasteiger partial charge < -0.3 is 30.7 Å². The Kier molecular flexibility index (Phi) is 18.2. The molecule has 4 saturated heterocycles. The van der Waals surface area contributed by atoms with E-state index < -0.39 is 65.9 Å². The molecule has 4 aliphatic heterocycles. The Balaban J connectivity index is 0.000000249. The first-order valence-corrected chi connectivity index (χ1v) is 22.8. The van der Waals surface area contributed by atoms with Crippen molar-refractivity contribution < 1.29 is 52.6 Å². The molecule has 4 N–H and O–H groups in total. The Morgan fingerprint density at radius 1 is 0.636 bits per heavy atom. The minimum Gasteiger partial charge on any atom is -0.469 e. The Hall–Kier alpha value is -6.37. The maximum atomic E-state index is 13.5. The molecule has 358 valence electrons. The summed E-state index contributed by atoms with van der Waals surface area (Å²) in [6.07, 6.45) is 2.67. The van der Waals surface area contributed by atoms with Gasteiger partial charge in [-0.2, -0.15) is 0 Å². The summed E-state index contributed by atoms with van der Waals surface area (Å²) in [5.41, 5.74) is 0.832. The summed E-state index contributed by atoms with van der Waals surface area (Å²) < 4.78 is 10.0. The van der Waals surface area contributed by atoms with Gasteiger partial charge in [0.05, 0.1) is 25.7 Å². The van der Waals surface area contributed by atoms with Crippen molar-refractivity contribution >= 4 is 53.2 Å². The van der Waals surface area contributed by atoms with Gasteiger partial charge in [0, 0.05) is 50.2 Å². The minimum atomic E-state index is -0.973. The quantitative estimate of drug-likeness (QED) is 0.201. The van der Waals surface area contributed by atoms with Crippen LogP contribution in [0.25, 0.3) is 0 Å². The number of benzene rings is 2. The Bertz CT molecular complexity index is 2070. The van der Waals surface area contributed by atoms with E-state index >= 15 is 0 Å². The first-order chi connectivity index (χ1) is 31.6. The molecule has 19 nitrogen and oxygen atoms in total. The highest BCUT2D eigenvalue weighted by Gasteiger charge is 2.47. The number of nitrogens with zero attached hydrogens (tertiary/aromatic N) is 4. The number of hydrazine groups is 2. The zero-order valence-electron chi connectivity index (χ0n) is 38.7. The number of ether oxygens (including phenoxy) is 2. The number of fused-ring (bicyclic) bond motifs is 2. The molecule has 8 amide bonds. The van der Waals surface area contributed by atoms with Crippen LogP contribution in [0.2, 0.25) is 0 Å². The third-order valence-electron chi connectivity index (χ3n) is 12.5. The summed E-state index contributed by atoms with van der Waals surface area (Å²) >= 11 is 0. The van der Waals surface area contributed by atoms with Crippen LogP contribution in [-0.4, -0.2) is 143 Å². The smallest absolute Gasteiger partial charge is 0.307 e. The summed E-state index contributed by atoms with van der Waals surface area (Å²) in [5, 5.41) is 16.5. The molecule has 66 heavy (non-hydrogen) atoms. The van der Waals surface area contributed by atoms with Gasteiger partial charge in [0.15, 0.2) is 0 Å². The van der Waals surface area contributed by atoms with Crippen LogP contribution in [0.15, 0.2) is 60.7 Å². The van der Waals surface area contributed by atoms with E-state index in [2.05, 4.69) is 21.3 Å². The fraction of sp³-hybridized carbons (Fsp3) is 0.553. The maximum Gasteiger partial charge on any atom is 0.307 e. The standard InChI is InChI=1S/C24H32N4O7.C23H32N4O4/c1-15(34-2)18(14-21(30)35-3)26-23(32)19-10-7-13-27-20(29)12-11-17(24(33)28(19)27)25-22(31)16-8-5-4-6-9-16;1-4-17(15(2)3)24-22(30)19-11-8-14-26-20(28)13-12-18(23(31)27(19)26)25-21(29)16-9-6-5-7-10-16/h4-6,8-9,15,17-19H,7,10-14H2,1-3H3,(H,25,31)(H,26,32);5-7,9-10,15,17-19H,4,8,11-14H2,1-3H3,(H,24,30)(H,25,29)/t15?,17-,18-,19-;17-,18-,19-/m00/s1. The number of nitrogens with one attached hydrogen (secondary N) is 4. The molecular weight excluding hydrogens is 853 g/mol. The van der Waals surface area contributed by atoms with Gasteiger partial charge in [0.25, 0.3) is 23.6 Å². The van der Waals surface area contributed by atoms with Crippen molar-refractivity contribution in [3.63, 3.8) is 0 Å². The second kappa shape index (κ2) is 23.7. The monoisotopic (exact) mass is 916 g/mol. The fourth-order valence-electron chi connectivity index (χ4n) is 8.53. The number of hydrogen-bond donors (Lipinski definition) is 4. The molecule has 0 bridgehead atoms. The molecule has 4 heterocycles. The lowest BCUT2D eigenvalue weighted by Gasteiger charge is -2.43. The first kappa shape index (κ1) is 50.6. The number of esters is 1. The van der Waals surface area contributed by atoms with Crippen LogP contribution in [0.3, 0.4) is 0 Å². The molecule has 0 radical (unpaired) electrons. The van der Waals surface area contributed by atoms with Gasteiger partial charge in [0.2, 0.25) is 23.6 Å². The van der Waals surface area contributed by atoms with Gasteiger partial charge in [-0.1, -0.05) is 57.2 Å². The summed E-state index contributed by atoms with van der Waals surface area (Å²) in [5.74, 6) is -3.25. The molecule has 0 aliphatic carbocycles. The van der Waals surface area contributed by atoms with Crippen LogP contribution >= 0.6 is 0 Å². The normalized spacial score (nSPS) is 22.2. The van der Waals surface area contributed by atoms with Gasteiger partial charge in [-0.05, 0) is 82.1 Å². The van der Waals surface area contributed by atoms with E-state index in [1.165, 1.54) is 34.3 Å². The summed E-state index contributed by atoms with van der Waals surface area (Å²) in [6.45, 7) is 8.49. The third kappa shape index (κ3) is 12.5. The molecule has 4 aliphatic rings. The van der Waals surface area contributed by atoms with E-state index in [9.17, 15) is 43.2 Å². The van der Waals surface area contributed by atoms with Gasteiger partial charge in [-0.25, -0.2) is 10.0 Å². The van der Waals surface area contributed by atoms with E-state index in [0.29, 0.717) is 49.9 Å². The number of methoxy groups -OCH3 is 2. The zero-order valence-corrected chi connectivity index (χ0v) is 38.7. The molecule has 0 spiro atoms. The number of amides is 8. The highest BCUT2D eigenvalue weighted by molar-refractivity contribution is 6.01. The van der Waals surface area contributed by atoms with Crippen LogP contribution < -0.4 is 21.3 Å². The van der Waals surface area contributed by atoms with Crippen molar-refractivity contribution in [1.82, 2.24) is 41.3 Å². The zero-order chi connectivity index (χ0) is 48.1. The first-order valence-electron chi connectivity index (χ1n) is 22.8. The molecule has 0 aromatic heterocycles. The lowest BCUT2D eigenvalue weighted by atomic mass is 10.00. The van der Waals surface area contributed by atoms with E-state index in [-0.39, 0.29) is 67.7 Å². The van der Waals surface area contributed by atoms with Gasteiger partial charge in [-0.15, -0.1) is 0 Å². The van der Waals surface area contributed by atoms with Crippen molar-refractivity contribution in [1.29, 1.82) is 0 Å². The number of rotatable bonds is 14. The largest absolute Gasteiger partial charge is 0.469 e. The van der Waals surface area contributed by atoms with Crippen LogP contribution in [0, 0.1) is 5.92 Å². The average molecular weight is 917 g/mol. The topological polar surface area (TPSA) is 233 Å². The van der Waals surface area contributed by atoms with E-state index in [0.717, 1.165) is 6.42 Å². The van der Waals surface area contributed by atoms with Crippen molar-refractivity contribution in [2.75, 3.05) is 27.3 Å². The molecule has 1 unspecified atom stereocenters. The third-order valence-corrected chi connectivity index (χ3v) is 12.5. The number of carbonyl (C=O) groups is 9. The van der Waals surface area contributed by atoms with E-state index in [1.54, 1.807) is 61.5 Å². The molecule has 2 aromatic carbocycles. The van der Waals surface area contributed by atoms with Crippen molar-refractivity contribution in [2.45, 2.75) is 134 Å². The molecular formula is C47H64N8O11. The summed E-state index contributed by atoms with van der Waals surface area (Å²) in [7, 11) is 2.71. The second-order valence-electron chi connectivity index (χ2n) is 17.2. The fourth-order valence-corrected chi connectivity index (χ4v) is 8.53. The molecule has 19 heteroatoms. The van der Waals surface area contributed by atoms with E-state index in [4.69, 9.17) is 9.47 Å². The predicted octanol–water partition coefficient (Wildman–Crippen LogP) is 2.26. The van der Waals surface area contributed by atoms with Gasteiger partial charge in [0.1, 0.15) is 24.2 Å². The summed E-state index contributed by atoms with van der Waals surface area (Å²) in [6, 6.07) is 12.9. The lowest BCUT2D eigenvalue weighted by Crippen LogP contribution is -2.64. The Morgan fingerprint density at radius 2 is 1.06 bits per heavy atom. The molecule has 2 aromatic rings. The number of carbonyl (C=O) groups excluding carboxylic acids is 9. The van der Waals surface area contributed by atoms with Crippen LogP contribution in [0.1, 0.15) is 113 Å². The predicted molar refractivity (Wildman–Crippen MR) is 239 cm³/mol. The van der Waals surface area contributed by atoms with Gasteiger partial charge >= 0.3 is 5.97 Å². The second-order valence-corrected chi connectivity index (χ2v) is 17.2. The van der Waals surface area contributed by atoms with Crippen molar-refractivity contribution in [2.24, 2.45) is 5.92 Å². The van der Waals surface area contributed by atoms with Crippen LogP contribution in [0.5, 0.6) is 0 Å². The highest BCUT2D eigenvalue weighted by Crippen LogP contribution is 2.27. The molecule has 0 saturated carbocycles. The number of hydrogen-bond acceptors (Lipinski definition) is 11. The summed E-state index contributed by atoms with van der Waals surface area (Å²) in [4.78, 5) is 116. The minimum absolute atomic E-state index is 0.00533. The van der Waals surface area contributed by atoms with Crippen molar-refractivity contribution in [3.8, 4) is 0 Å². The highest BCUT2D eigenvalue weighted by atomic mass is 16.5. The van der Waals surface area contributed by atoms with Crippen LogP contribution in [-0.2, 0) is 43.0 Å². The molecule has 6 rings (SSSR count). The van der Waals surface area contributed by atoms with Crippen LogP contribution in [0.4, 0.5) is 0 Å². The SMILES string of the molecule is CC[C@H](NC(=O)[C@@H]1CCCN2C(=O)CC[C@H](NC(=O)c3ccccc3)C(=O)N12)C(C)C.COC(=O)C[C@H](NC(=O)[C@@H]1CCCN2C(=O)CC[C@H](NC(=O)c3ccccc3)C(=O)N12)C(C)OC. The van der Waals surface area contributed by atoms with E-state index in [1.807, 2.05) is 26.8 Å². The van der Waals surface area contributed by atoms with Gasteiger partial charge in [-0.3, -0.25) is 53.2 Å². The molecule has 7 atom stereocenters. The lowest BCUT2D eigenvalue weighted by molar-refractivity contribution is -0.176. The Labute approximate surface area is 385 Å². The maximum absolute atomic E-state index is 13.5. The van der Waals surface area contributed by atoms with Crippen molar-refractivity contribution in [3.05, 3.63) is 71.8 Å². The molecule has 4 fully saturated rings.